The van der Waals surface area contributed by atoms with E-state index in [0.717, 1.165) is 0 Å². The second-order valence-corrected chi connectivity index (χ2v) is 4.86. The van der Waals surface area contributed by atoms with Gasteiger partial charge in [0.1, 0.15) is 0 Å². The fourth-order valence-electron chi connectivity index (χ4n) is 3.07. The van der Waals surface area contributed by atoms with E-state index < -0.39 is 0 Å². The van der Waals surface area contributed by atoms with Crippen molar-refractivity contribution in [2.75, 3.05) is 13.1 Å². The van der Waals surface area contributed by atoms with Crippen LogP contribution in [0.1, 0.15) is 31.2 Å². The van der Waals surface area contributed by atoms with E-state index in [1.54, 1.807) is 5.57 Å². The summed E-state index contributed by atoms with van der Waals surface area (Å²) in [4.78, 5) is 2.67. The molecule has 3 rings (SSSR count). The normalized spacial score (nSPS) is 26.0. The van der Waals surface area contributed by atoms with Gasteiger partial charge in [0.15, 0.2) is 0 Å². The molecule has 1 unspecified atom stereocenters. The van der Waals surface area contributed by atoms with Gasteiger partial charge in [0.05, 0.1) is 0 Å². The molecule has 0 aliphatic carbocycles. The maximum atomic E-state index is 2.67. The maximum Gasteiger partial charge on any atom is 0.0351 e. The molecular weight excluding hydrogens is 194 g/mol. The van der Waals surface area contributed by atoms with Gasteiger partial charge < -0.3 is 0 Å². The molecule has 2 aliphatic heterocycles. The molecular formula is C15H19N. The van der Waals surface area contributed by atoms with Crippen LogP contribution in [-0.4, -0.2) is 24.0 Å². The van der Waals surface area contributed by atoms with Crippen LogP contribution in [0.25, 0.3) is 5.57 Å². The summed E-state index contributed by atoms with van der Waals surface area (Å²) in [5.74, 6) is 0. The van der Waals surface area contributed by atoms with E-state index >= 15 is 0 Å². The van der Waals surface area contributed by atoms with Crippen LogP contribution in [0.4, 0.5) is 0 Å². The molecule has 0 aromatic heterocycles. The molecule has 0 radical (unpaired) electrons. The average Bonchev–Trinajstić information content (AvgIpc) is 2.39. The summed E-state index contributed by atoms with van der Waals surface area (Å²) in [6, 6.07) is 11.6. The number of nitrogens with zero attached hydrogens (tertiary/aromatic N) is 1. The average molecular weight is 213 g/mol. The van der Waals surface area contributed by atoms with Gasteiger partial charge in [-0.05, 0) is 36.9 Å². The number of benzene rings is 1. The fraction of sp³-hybridized carbons (Fsp3) is 0.467. The monoisotopic (exact) mass is 213 g/mol. The van der Waals surface area contributed by atoms with E-state index in [1.807, 2.05) is 0 Å². The van der Waals surface area contributed by atoms with Crippen LogP contribution in [0.2, 0.25) is 0 Å². The van der Waals surface area contributed by atoms with Crippen molar-refractivity contribution in [2.45, 2.75) is 31.7 Å². The second-order valence-electron chi connectivity index (χ2n) is 4.86. The smallest absolute Gasteiger partial charge is 0.0351 e. The first-order valence-corrected chi connectivity index (χ1v) is 6.45. The van der Waals surface area contributed by atoms with Gasteiger partial charge in [-0.3, -0.25) is 4.90 Å². The minimum atomic E-state index is 0.699. The number of hydrogen-bond donors (Lipinski definition) is 0. The molecule has 1 fully saturated rings. The third-order valence-corrected chi connectivity index (χ3v) is 3.86. The predicted octanol–water partition coefficient (Wildman–Crippen LogP) is 3.33. The van der Waals surface area contributed by atoms with Gasteiger partial charge in [-0.15, -0.1) is 0 Å². The molecule has 2 aliphatic rings. The standard InChI is InChI=1S/C15H19N/c1-2-7-13(8-3-1)14-9-6-12-16-11-5-4-10-15(14)16/h1-3,7-9,15H,4-6,10-12H2. The summed E-state index contributed by atoms with van der Waals surface area (Å²) >= 11 is 0. The molecule has 1 nitrogen and oxygen atoms in total. The van der Waals surface area contributed by atoms with Crippen LogP contribution in [0.5, 0.6) is 0 Å². The van der Waals surface area contributed by atoms with Gasteiger partial charge in [-0.1, -0.05) is 42.8 Å². The van der Waals surface area contributed by atoms with Gasteiger partial charge >= 0.3 is 0 Å². The van der Waals surface area contributed by atoms with Crippen LogP contribution in [-0.2, 0) is 0 Å². The van der Waals surface area contributed by atoms with Crippen LogP contribution < -0.4 is 0 Å². The highest BCUT2D eigenvalue weighted by molar-refractivity contribution is 5.70. The van der Waals surface area contributed by atoms with Crippen molar-refractivity contribution in [1.82, 2.24) is 4.90 Å². The fourth-order valence-corrected chi connectivity index (χ4v) is 3.07. The largest absolute Gasteiger partial charge is 0.296 e. The SMILES string of the molecule is C1=C(c2ccccc2)C2CCCCN2CC1. The molecule has 2 heterocycles. The zero-order valence-corrected chi connectivity index (χ0v) is 9.73. The molecule has 1 aromatic carbocycles. The van der Waals surface area contributed by atoms with Crippen molar-refractivity contribution in [3.05, 3.63) is 42.0 Å². The van der Waals surface area contributed by atoms with E-state index in [9.17, 15) is 0 Å². The van der Waals surface area contributed by atoms with Crippen LogP contribution in [0, 0.1) is 0 Å². The van der Waals surface area contributed by atoms with E-state index in [-0.39, 0.29) is 0 Å². The number of rotatable bonds is 1. The quantitative estimate of drug-likeness (QED) is 0.691. The van der Waals surface area contributed by atoms with Gasteiger partial charge in [0.25, 0.3) is 0 Å². The summed E-state index contributed by atoms with van der Waals surface area (Å²) < 4.78 is 0. The van der Waals surface area contributed by atoms with E-state index in [4.69, 9.17) is 0 Å². The molecule has 0 saturated carbocycles. The minimum Gasteiger partial charge on any atom is -0.296 e. The van der Waals surface area contributed by atoms with E-state index in [2.05, 4.69) is 41.3 Å². The highest BCUT2D eigenvalue weighted by Gasteiger charge is 2.28. The lowest BCUT2D eigenvalue weighted by molar-refractivity contribution is 0.182. The summed E-state index contributed by atoms with van der Waals surface area (Å²) in [7, 11) is 0. The molecule has 16 heavy (non-hydrogen) atoms. The third-order valence-electron chi connectivity index (χ3n) is 3.86. The summed E-state index contributed by atoms with van der Waals surface area (Å²) in [6.45, 7) is 2.57. The van der Waals surface area contributed by atoms with Crippen LogP contribution >= 0.6 is 0 Å². The molecule has 1 saturated heterocycles. The Morgan fingerprint density at radius 2 is 1.88 bits per heavy atom. The molecule has 1 aromatic rings. The Balaban J connectivity index is 1.91. The Kier molecular flexibility index (Phi) is 2.79. The van der Waals surface area contributed by atoms with Gasteiger partial charge in [0.2, 0.25) is 0 Å². The molecule has 84 valence electrons. The highest BCUT2D eigenvalue weighted by atomic mass is 15.2. The molecule has 0 bridgehead atoms. The minimum absolute atomic E-state index is 0.699. The first-order valence-electron chi connectivity index (χ1n) is 6.45. The maximum absolute atomic E-state index is 2.67. The van der Waals surface area contributed by atoms with Crippen LogP contribution in [0.3, 0.4) is 0 Å². The van der Waals surface area contributed by atoms with Gasteiger partial charge in [-0.25, -0.2) is 0 Å². The predicted molar refractivity (Wildman–Crippen MR) is 68.2 cm³/mol. The second kappa shape index (κ2) is 4.42. The zero-order valence-electron chi connectivity index (χ0n) is 9.73. The highest BCUT2D eigenvalue weighted by Crippen LogP contribution is 2.32. The molecule has 0 N–H and O–H groups in total. The van der Waals surface area contributed by atoms with Crippen LogP contribution in [0.15, 0.2) is 36.4 Å². The molecule has 1 heteroatoms. The number of fused-ring (bicyclic) bond motifs is 1. The van der Waals surface area contributed by atoms with E-state index in [0.29, 0.717) is 6.04 Å². The Morgan fingerprint density at radius 3 is 2.75 bits per heavy atom. The Bertz CT molecular complexity index is 380. The lowest BCUT2D eigenvalue weighted by Gasteiger charge is -2.40. The Morgan fingerprint density at radius 1 is 1.00 bits per heavy atom. The molecule has 0 amide bonds. The number of piperidine rings is 1. The summed E-state index contributed by atoms with van der Waals surface area (Å²) in [6.07, 6.45) is 7.81. The van der Waals surface area contributed by atoms with Crippen molar-refractivity contribution >= 4 is 5.57 Å². The first kappa shape index (κ1) is 10.1. The van der Waals surface area contributed by atoms with Crippen molar-refractivity contribution < 1.29 is 0 Å². The topological polar surface area (TPSA) is 3.24 Å². The third kappa shape index (κ3) is 1.80. The Labute approximate surface area is 97.8 Å². The number of hydrogen-bond acceptors (Lipinski definition) is 1. The van der Waals surface area contributed by atoms with E-state index in [1.165, 1.54) is 44.3 Å². The van der Waals surface area contributed by atoms with Crippen molar-refractivity contribution in [2.24, 2.45) is 0 Å². The van der Waals surface area contributed by atoms with Crippen molar-refractivity contribution in [3.63, 3.8) is 0 Å². The molecule has 0 spiro atoms. The summed E-state index contributed by atoms with van der Waals surface area (Å²) in [5.41, 5.74) is 3.01. The van der Waals surface area contributed by atoms with Crippen molar-refractivity contribution in [1.29, 1.82) is 0 Å². The van der Waals surface area contributed by atoms with Crippen molar-refractivity contribution in [3.8, 4) is 0 Å². The molecule has 1 atom stereocenters. The van der Waals surface area contributed by atoms with Gasteiger partial charge in [0, 0.05) is 12.6 Å². The lowest BCUT2D eigenvalue weighted by atomic mass is 9.87. The Hall–Kier alpha value is -1.08. The van der Waals surface area contributed by atoms with Gasteiger partial charge in [-0.2, -0.15) is 0 Å². The lowest BCUT2D eigenvalue weighted by Crippen LogP contribution is -2.42. The first-order chi connectivity index (χ1) is 7.95. The summed E-state index contributed by atoms with van der Waals surface area (Å²) in [5, 5.41) is 0. The zero-order chi connectivity index (χ0) is 10.8.